The van der Waals surface area contributed by atoms with Gasteiger partial charge < -0.3 is 8.98 Å². The molecule has 0 unspecified atom stereocenters. The van der Waals surface area contributed by atoms with Gasteiger partial charge in [0.2, 0.25) is 5.95 Å². The maximum absolute atomic E-state index is 6.01. The summed E-state index contributed by atoms with van der Waals surface area (Å²) in [5.74, 6) is 2.43. The van der Waals surface area contributed by atoms with Gasteiger partial charge in [0.05, 0.1) is 55.7 Å². The Morgan fingerprint density at radius 3 is 1.28 bits per heavy atom. The van der Waals surface area contributed by atoms with Crippen LogP contribution >= 0.6 is 11.3 Å². The normalized spacial score (nSPS) is 11.7. The largest absolute Gasteiger partial charge is 0.456 e. The predicted molar refractivity (Wildman–Crippen MR) is 524 cm³/mol. The van der Waals surface area contributed by atoms with Crippen molar-refractivity contribution in [1.29, 1.82) is 0 Å². The maximum atomic E-state index is 6.01. The first-order valence-corrected chi connectivity index (χ1v) is 43.2. The van der Waals surface area contributed by atoms with Crippen molar-refractivity contribution in [3.63, 3.8) is 0 Å². The van der Waals surface area contributed by atoms with E-state index in [4.69, 9.17) is 24.4 Å². The monoisotopic (exact) mass is 1630 g/mol. The van der Waals surface area contributed by atoms with Crippen LogP contribution in [0, 0.1) is 0 Å². The summed E-state index contributed by atoms with van der Waals surface area (Å²) in [6, 6.07) is 152. The van der Waals surface area contributed by atoms with Crippen molar-refractivity contribution >= 4 is 141 Å². The predicted octanol–water partition coefficient (Wildman–Crippen LogP) is 30.4. The minimum atomic E-state index is 0.663. The number of thiophene rings is 1. The molecule has 0 saturated heterocycles. The molecule has 0 aliphatic heterocycles. The molecule has 0 aliphatic rings. The smallest absolute Gasteiger partial charge is 0.235 e. The zero-order valence-electron chi connectivity index (χ0n) is 68.0. The first-order valence-electron chi connectivity index (χ1n) is 42.4. The molecule has 0 amide bonds. The van der Waals surface area contributed by atoms with Gasteiger partial charge in [0.15, 0.2) is 0 Å². The van der Waals surface area contributed by atoms with Crippen molar-refractivity contribution in [2.75, 3.05) is 0 Å². The van der Waals surface area contributed by atoms with E-state index in [9.17, 15) is 0 Å². The average Bonchev–Trinajstić information content (AvgIpc) is 1.59. The minimum absolute atomic E-state index is 0.663. The number of pyridine rings is 3. The number of rotatable bonds is 11. The Kier molecular flexibility index (Phi) is 17.9. The van der Waals surface area contributed by atoms with Crippen molar-refractivity contribution in [3.05, 3.63) is 443 Å². The molecule has 11 heteroatoms. The first kappa shape index (κ1) is 73.2. The molecule has 0 N–H and O–H groups in total. The molecular weight excluding hydrogens is 1560 g/mol. The van der Waals surface area contributed by atoms with Crippen LogP contribution in [0.2, 0.25) is 0 Å². The lowest BCUT2D eigenvalue weighted by Gasteiger charge is -2.12. The molecule has 0 bridgehead atoms. The van der Waals surface area contributed by atoms with E-state index in [0.717, 1.165) is 139 Å². The summed E-state index contributed by atoms with van der Waals surface area (Å²) in [7, 11) is 0. The molecule has 0 atom stereocenters. The maximum Gasteiger partial charge on any atom is 0.235 e. The van der Waals surface area contributed by atoms with Gasteiger partial charge in [0, 0.05) is 114 Å². The Bertz CT molecular complexity index is 8600. The zero-order chi connectivity index (χ0) is 83.1. The lowest BCUT2D eigenvalue weighted by molar-refractivity contribution is 0.669. The number of hydrogen-bond acceptors (Lipinski definition) is 7. The number of para-hydroxylation sites is 6. The van der Waals surface area contributed by atoms with Gasteiger partial charge in [-0.05, 0) is 172 Å². The lowest BCUT2D eigenvalue weighted by atomic mass is 10.0. The Morgan fingerprint density at radius 1 is 0.222 bits per heavy atom. The molecule has 26 rings (SSSR count). The summed E-state index contributed by atoms with van der Waals surface area (Å²) >= 11 is 1.87. The molecule has 0 spiro atoms. The van der Waals surface area contributed by atoms with Gasteiger partial charge in [-0.1, -0.05) is 297 Å². The third kappa shape index (κ3) is 12.7. The SMILES string of the molecule is c1ccc(-c2cc(-c3ccccc3)nc(-n3c4ccccc4c4cc(-c5ccc6c(c5)c5ccccc5n6-c5ccccc5)cnc43)c2)cc1.c1ccc(-c2cc(-c3ccccc3)nc(-n3c4ccccc4c4cc(-c5cccc6c5sc5ccccc56)ccc43)n2)cc1.c1ccc(-n2c3ccccc3c3cc(-c4ccc5oc6ccccc6c5c4)ccc32)nc1. The van der Waals surface area contributed by atoms with Crippen LogP contribution in [-0.2, 0) is 0 Å². The molecule has 10 heterocycles. The van der Waals surface area contributed by atoms with E-state index >= 15 is 0 Å². The molecule has 0 fully saturated rings. The highest BCUT2D eigenvalue weighted by molar-refractivity contribution is 7.26. The Morgan fingerprint density at radius 2 is 0.659 bits per heavy atom. The molecule has 10 aromatic heterocycles. The van der Waals surface area contributed by atoms with E-state index in [2.05, 4.69) is 411 Å². The van der Waals surface area contributed by atoms with E-state index in [1.54, 1.807) is 0 Å². The molecule has 126 heavy (non-hydrogen) atoms. The van der Waals surface area contributed by atoms with E-state index in [1.807, 2.05) is 66.2 Å². The Hall–Kier alpha value is -16.7. The Labute approximate surface area is 728 Å². The second kappa shape index (κ2) is 30.8. The molecule has 10 nitrogen and oxygen atoms in total. The third-order valence-electron chi connectivity index (χ3n) is 24.5. The molecule has 0 radical (unpaired) electrons. The van der Waals surface area contributed by atoms with E-state index in [-0.39, 0.29) is 0 Å². The van der Waals surface area contributed by atoms with Gasteiger partial charge in [0.25, 0.3) is 0 Å². The van der Waals surface area contributed by atoms with E-state index in [1.165, 1.54) is 85.8 Å². The second-order valence-electron chi connectivity index (χ2n) is 31.8. The number of hydrogen-bond donors (Lipinski definition) is 0. The molecule has 0 aliphatic carbocycles. The van der Waals surface area contributed by atoms with Crippen LogP contribution in [0.3, 0.4) is 0 Å². The standard InChI is InChI=1S/C46H30N4.C40H25N3S.C29H18N2O/c1-4-14-31(15-5-1)34-28-41(32-16-6-2-7-17-32)48-45(29-34)50-43-23-13-11-21-38(43)40-27-35(30-47-46(40)50)33-24-25-44-39(26-33)37-20-10-12-22-42(37)49(44)36-18-8-3-9-19-36;1-3-12-26(13-4-1)34-25-35(27-14-5-2-6-15-27)42-40(41-34)43-36-20-9-7-16-30(36)33-24-28(22-23-37(33)43)29-18-11-19-32-31-17-8-10-21-38(31)44-39(29)32;1-3-9-25-21(7-1)23-17-19(12-14-26(23)31(25)29-11-5-6-16-30-29)20-13-15-28-24(18-20)22-8-2-4-10-27(22)32-28/h1-30H;1-25H;1-18H. The van der Waals surface area contributed by atoms with Gasteiger partial charge in [0.1, 0.15) is 28.4 Å². The van der Waals surface area contributed by atoms with Crippen LogP contribution in [0.1, 0.15) is 0 Å². The number of nitrogens with zero attached hydrogens (tertiary/aromatic N) is 9. The van der Waals surface area contributed by atoms with E-state index < -0.39 is 0 Å². The third-order valence-corrected chi connectivity index (χ3v) is 25.7. The Balaban J connectivity index is 0.000000108. The summed E-state index contributed by atoms with van der Waals surface area (Å²) in [5, 5.41) is 14.4. The summed E-state index contributed by atoms with van der Waals surface area (Å²) in [5.41, 5.74) is 27.1. The van der Waals surface area contributed by atoms with Crippen molar-refractivity contribution in [3.8, 4) is 102 Å². The molecule has 26 aromatic rings. The highest BCUT2D eigenvalue weighted by atomic mass is 32.1. The molecule has 16 aromatic carbocycles. The molecule has 590 valence electrons. The number of furan rings is 1. The van der Waals surface area contributed by atoms with Crippen LogP contribution in [0.25, 0.3) is 231 Å². The van der Waals surface area contributed by atoms with Gasteiger partial charge in [-0.3, -0.25) is 13.7 Å². The van der Waals surface area contributed by atoms with Crippen molar-refractivity contribution in [2.24, 2.45) is 0 Å². The summed E-state index contributed by atoms with van der Waals surface area (Å²) in [4.78, 5) is 25.4. The minimum Gasteiger partial charge on any atom is -0.456 e. The average molecular weight is 1630 g/mol. The lowest BCUT2D eigenvalue weighted by Crippen LogP contribution is -2.03. The highest BCUT2D eigenvalue weighted by Crippen LogP contribution is 2.45. The van der Waals surface area contributed by atoms with Crippen molar-refractivity contribution in [2.45, 2.75) is 0 Å². The van der Waals surface area contributed by atoms with Crippen LogP contribution in [0.15, 0.2) is 448 Å². The van der Waals surface area contributed by atoms with Crippen LogP contribution in [0.5, 0.6) is 0 Å². The number of benzene rings is 16. The summed E-state index contributed by atoms with van der Waals surface area (Å²) in [6.45, 7) is 0. The summed E-state index contributed by atoms with van der Waals surface area (Å²) in [6.07, 6.45) is 3.85. The quantitative estimate of drug-likeness (QED) is 0.128. The fraction of sp³-hybridized carbons (Fsp3) is 0. The second-order valence-corrected chi connectivity index (χ2v) is 32.9. The highest BCUT2D eigenvalue weighted by Gasteiger charge is 2.24. The van der Waals surface area contributed by atoms with Gasteiger partial charge in [-0.25, -0.2) is 24.9 Å². The molecular formula is C115H73N9OS. The van der Waals surface area contributed by atoms with Crippen LogP contribution in [0.4, 0.5) is 0 Å². The van der Waals surface area contributed by atoms with Gasteiger partial charge in [-0.2, -0.15) is 0 Å². The number of aromatic nitrogens is 9. The number of fused-ring (bicyclic) bond motifs is 18. The summed E-state index contributed by atoms with van der Waals surface area (Å²) < 4.78 is 17.7. The van der Waals surface area contributed by atoms with Crippen LogP contribution in [-0.4, -0.2) is 43.2 Å². The first-order chi connectivity index (χ1) is 62.5. The molecule has 0 saturated carbocycles. The van der Waals surface area contributed by atoms with Crippen LogP contribution < -0.4 is 0 Å². The van der Waals surface area contributed by atoms with E-state index in [0.29, 0.717) is 5.95 Å². The fourth-order valence-corrected chi connectivity index (χ4v) is 19.8. The van der Waals surface area contributed by atoms with Gasteiger partial charge >= 0.3 is 0 Å². The van der Waals surface area contributed by atoms with Gasteiger partial charge in [-0.15, -0.1) is 11.3 Å². The zero-order valence-corrected chi connectivity index (χ0v) is 68.8. The van der Waals surface area contributed by atoms with Crippen molar-refractivity contribution in [1.82, 2.24) is 43.2 Å². The topological polar surface area (TPSA) is 97.3 Å². The fourth-order valence-electron chi connectivity index (χ4n) is 18.6. The van der Waals surface area contributed by atoms with Crippen molar-refractivity contribution < 1.29 is 4.42 Å².